The predicted molar refractivity (Wildman–Crippen MR) is 133 cm³/mol. The van der Waals surface area contributed by atoms with E-state index < -0.39 is 11.7 Å². The van der Waals surface area contributed by atoms with Crippen molar-refractivity contribution in [2.75, 3.05) is 0 Å². The average molecular weight is 462 g/mol. The Bertz CT molecular complexity index is 1230. The van der Waals surface area contributed by atoms with Gasteiger partial charge in [0.2, 0.25) is 0 Å². The van der Waals surface area contributed by atoms with Gasteiger partial charge in [0.25, 0.3) is 11.8 Å². The van der Waals surface area contributed by atoms with Gasteiger partial charge in [-0.05, 0) is 65.8 Å². The Morgan fingerprint density at radius 1 is 1.03 bits per heavy atom. The fourth-order valence-electron chi connectivity index (χ4n) is 3.36. The van der Waals surface area contributed by atoms with Crippen LogP contribution in [0, 0.1) is 6.92 Å². The van der Waals surface area contributed by atoms with Crippen LogP contribution in [-0.4, -0.2) is 39.1 Å². The van der Waals surface area contributed by atoms with Gasteiger partial charge in [0.1, 0.15) is 5.60 Å². The molecule has 1 aromatic heterocycles. The number of amides is 2. The normalized spacial score (nSPS) is 11.7. The quantitative estimate of drug-likeness (QED) is 0.421. The van der Waals surface area contributed by atoms with E-state index in [4.69, 9.17) is 4.74 Å². The third-order valence-corrected chi connectivity index (χ3v) is 5.03. The SMILES string of the molecule is Cc1ccc(C(=O)NN(C(=O)/C=C/c2cn(C(=O)OC(C)(C)C)c3ccccc23)C(C)C)cc1. The summed E-state index contributed by atoms with van der Waals surface area (Å²) in [4.78, 5) is 38.3. The lowest BCUT2D eigenvalue weighted by Crippen LogP contribution is -2.49. The Hall–Kier alpha value is -3.87. The lowest BCUT2D eigenvalue weighted by atomic mass is 10.1. The van der Waals surface area contributed by atoms with Crippen LogP contribution in [-0.2, 0) is 9.53 Å². The van der Waals surface area contributed by atoms with Crippen LogP contribution in [0.5, 0.6) is 0 Å². The lowest BCUT2D eigenvalue weighted by Gasteiger charge is -2.26. The van der Waals surface area contributed by atoms with Crippen molar-refractivity contribution >= 4 is 34.9 Å². The molecule has 0 atom stereocenters. The highest BCUT2D eigenvalue weighted by Crippen LogP contribution is 2.24. The summed E-state index contributed by atoms with van der Waals surface area (Å²) in [5, 5.41) is 2.09. The van der Waals surface area contributed by atoms with Gasteiger partial charge < -0.3 is 4.74 Å². The van der Waals surface area contributed by atoms with Gasteiger partial charge in [-0.2, -0.15) is 0 Å². The Balaban J connectivity index is 1.84. The van der Waals surface area contributed by atoms with Gasteiger partial charge >= 0.3 is 6.09 Å². The molecule has 1 N–H and O–H groups in total. The smallest absolute Gasteiger partial charge is 0.419 e. The molecule has 0 bridgehead atoms. The molecule has 2 amide bonds. The number of aryl methyl sites for hydroxylation is 1. The summed E-state index contributed by atoms with van der Waals surface area (Å²) >= 11 is 0. The summed E-state index contributed by atoms with van der Waals surface area (Å²) in [7, 11) is 0. The van der Waals surface area contributed by atoms with E-state index in [9.17, 15) is 14.4 Å². The maximum absolute atomic E-state index is 13.0. The number of nitrogens with zero attached hydrogens (tertiary/aromatic N) is 2. The number of hydrogen-bond acceptors (Lipinski definition) is 4. The second kappa shape index (κ2) is 9.95. The van der Waals surface area contributed by atoms with E-state index in [1.165, 1.54) is 15.7 Å². The highest BCUT2D eigenvalue weighted by atomic mass is 16.6. The van der Waals surface area contributed by atoms with E-state index in [2.05, 4.69) is 5.43 Å². The van der Waals surface area contributed by atoms with Crippen LogP contribution in [0.3, 0.4) is 0 Å². The van der Waals surface area contributed by atoms with Gasteiger partial charge in [-0.1, -0.05) is 35.9 Å². The zero-order valence-corrected chi connectivity index (χ0v) is 20.5. The molecule has 2 aromatic carbocycles. The number of ether oxygens (including phenoxy) is 1. The minimum absolute atomic E-state index is 0.269. The van der Waals surface area contributed by atoms with Crippen molar-refractivity contribution in [2.24, 2.45) is 0 Å². The Morgan fingerprint density at radius 2 is 1.68 bits per heavy atom. The molecule has 0 aliphatic carbocycles. The largest absolute Gasteiger partial charge is 0.443 e. The van der Waals surface area contributed by atoms with Gasteiger partial charge in [0, 0.05) is 34.8 Å². The van der Waals surface area contributed by atoms with Crippen molar-refractivity contribution in [3.8, 4) is 0 Å². The van der Waals surface area contributed by atoms with Gasteiger partial charge in [-0.3, -0.25) is 19.6 Å². The van der Waals surface area contributed by atoms with Gasteiger partial charge in [-0.25, -0.2) is 9.80 Å². The zero-order valence-electron chi connectivity index (χ0n) is 20.5. The first-order valence-corrected chi connectivity index (χ1v) is 11.2. The van der Waals surface area contributed by atoms with Crippen LogP contribution in [0.2, 0.25) is 0 Å². The van der Waals surface area contributed by atoms with Crippen molar-refractivity contribution in [3.63, 3.8) is 0 Å². The summed E-state index contributed by atoms with van der Waals surface area (Å²) in [5.41, 5.74) is 4.92. The standard InChI is InChI=1S/C27H31N3O4/c1-18(2)30(28-25(32)20-13-11-19(3)12-14-20)24(31)16-15-21-17-29(26(33)34-27(4,5)6)23-10-8-7-9-22(21)23/h7-18H,1-6H3,(H,28,32)/b16-15+. The molecule has 0 unspecified atom stereocenters. The van der Waals surface area contributed by atoms with Gasteiger partial charge in [-0.15, -0.1) is 0 Å². The van der Waals surface area contributed by atoms with Crippen molar-refractivity contribution in [1.29, 1.82) is 0 Å². The summed E-state index contributed by atoms with van der Waals surface area (Å²) in [6, 6.07) is 14.2. The maximum Gasteiger partial charge on any atom is 0.419 e. The Kier molecular flexibility index (Phi) is 7.25. The highest BCUT2D eigenvalue weighted by Gasteiger charge is 2.21. The average Bonchev–Trinajstić information content (AvgIpc) is 3.14. The third-order valence-electron chi connectivity index (χ3n) is 5.03. The molecule has 0 saturated carbocycles. The minimum atomic E-state index is -0.637. The number of carbonyl (C=O) groups excluding carboxylic acids is 3. The molecule has 7 nitrogen and oxygen atoms in total. The molecule has 34 heavy (non-hydrogen) atoms. The van der Waals surface area contributed by atoms with E-state index in [1.54, 1.807) is 24.4 Å². The fourth-order valence-corrected chi connectivity index (χ4v) is 3.36. The number of hydrazine groups is 1. The Morgan fingerprint density at radius 3 is 2.29 bits per heavy atom. The van der Waals surface area contributed by atoms with E-state index >= 15 is 0 Å². The maximum atomic E-state index is 13.0. The molecule has 0 aliphatic heterocycles. The third kappa shape index (κ3) is 5.92. The van der Waals surface area contributed by atoms with E-state index in [1.807, 2.05) is 77.9 Å². The topological polar surface area (TPSA) is 80.6 Å². The minimum Gasteiger partial charge on any atom is -0.443 e. The lowest BCUT2D eigenvalue weighted by molar-refractivity contribution is -0.130. The summed E-state index contributed by atoms with van der Waals surface area (Å²) in [5.74, 6) is -0.749. The number of aromatic nitrogens is 1. The molecule has 0 aliphatic rings. The molecule has 1 heterocycles. The van der Waals surface area contributed by atoms with E-state index in [0.717, 1.165) is 10.9 Å². The summed E-state index contributed by atoms with van der Waals surface area (Å²) < 4.78 is 6.95. The van der Waals surface area contributed by atoms with Gasteiger partial charge in [0.15, 0.2) is 0 Å². The number of benzene rings is 2. The van der Waals surface area contributed by atoms with Crippen molar-refractivity contribution < 1.29 is 19.1 Å². The molecule has 178 valence electrons. The number of rotatable bonds is 4. The van der Waals surface area contributed by atoms with Gasteiger partial charge in [0.05, 0.1) is 5.52 Å². The number of carbonyl (C=O) groups is 3. The Labute approximate surface area is 200 Å². The molecule has 0 spiro atoms. The van der Waals surface area contributed by atoms with Crippen LogP contribution in [0.4, 0.5) is 4.79 Å². The zero-order chi connectivity index (χ0) is 25.0. The molecule has 0 saturated heterocycles. The van der Waals surface area contributed by atoms with Crippen molar-refractivity contribution in [2.45, 2.75) is 53.2 Å². The molecule has 3 aromatic rings. The first-order valence-electron chi connectivity index (χ1n) is 11.2. The molecule has 0 radical (unpaired) electrons. The first kappa shape index (κ1) is 24.8. The molecule has 0 fully saturated rings. The van der Waals surface area contributed by atoms with Crippen LogP contribution in [0.1, 0.15) is 56.1 Å². The fraction of sp³-hybridized carbons (Fsp3) is 0.296. The molecule has 7 heteroatoms. The second-order valence-corrected chi connectivity index (χ2v) is 9.39. The molecular weight excluding hydrogens is 430 g/mol. The van der Waals surface area contributed by atoms with Crippen LogP contribution in [0.15, 0.2) is 60.8 Å². The van der Waals surface area contributed by atoms with Crippen LogP contribution >= 0.6 is 0 Å². The number of para-hydroxylation sites is 1. The second-order valence-electron chi connectivity index (χ2n) is 9.39. The van der Waals surface area contributed by atoms with Crippen molar-refractivity contribution in [1.82, 2.24) is 15.0 Å². The predicted octanol–water partition coefficient (Wildman–Crippen LogP) is 5.33. The van der Waals surface area contributed by atoms with Crippen LogP contribution < -0.4 is 5.43 Å². The van der Waals surface area contributed by atoms with E-state index in [0.29, 0.717) is 16.6 Å². The van der Waals surface area contributed by atoms with Crippen LogP contribution in [0.25, 0.3) is 17.0 Å². The number of hydrogen-bond donors (Lipinski definition) is 1. The molecular formula is C27H31N3O4. The molecule has 3 rings (SSSR count). The van der Waals surface area contributed by atoms with E-state index in [-0.39, 0.29) is 17.9 Å². The van der Waals surface area contributed by atoms with Crippen molar-refractivity contribution in [3.05, 3.63) is 77.5 Å². The monoisotopic (exact) mass is 461 g/mol. The first-order chi connectivity index (χ1) is 16.0. The number of fused-ring (bicyclic) bond motifs is 1. The number of nitrogens with one attached hydrogen (secondary N) is 1. The highest BCUT2D eigenvalue weighted by molar-refractivity contribution is 6.01. The summed E-state index contributed by atoms with van der Waals surface area (Å²) in [6.45, 7) is 11.0. The summed E-state index contributed by atoms with van der Waals surface area (Å²) in [6.07, 6.45) is 4.17.